The summed E-state index contributed by atoms with van der Waals surface area (Å²) in [5, 5.41) is 15.2. The number of nitrogens with one attached hydrogen (secondary N) is 2. The Balaban J connectivity index is 1.59. The van der Waals surface area contributed by atoms with Crippen molar-refractivity contribution in [3.05, 3.63) is 53.1 Å². The number of halogens is 3. The summed E-state index contributed by atoms with van der Waals surface area (Å²) in [7, 11) is 0. The van der Waals surface area contributed by atoms with Crippen LogP contribution in [0.25, 0.3) is 0 Å². The van der Waals surface area contributed by atoms with Crippen LogP contribution >= 0.6 is 0 Å². The van der Waals surface area contributed by atoms with Crippen LogP contribution in [0.1, 0.15) is 30.5 Å². The molecule has 2 heterocycles. The molecule has 2 aromatic carbocycles. The number of amides is 4. The second-order valence-electron chi connectivity index (χ2n) is 9.73. The highest BCUT2D eigenvalue weighted by molar-refractivity contribution is 6.30. The molecule has 0 unspecified atom stereocenters. The van der Waals surface area contributed by atoms with Crippen LogP contribution in [0.15, 0.2) is 36.4 Å². The smallest absolute Gasteiger partial charge is 0.325 e. The number of rotatable bonds is 5. The van der Waals surface area contributed by atoms with Gasteiger partial charge in [-0.1, -0.05) is 0 Å². The average molecular weight is 529 g/mol. The van der Waals surface area contributed by atoms with Gasteiger partial charge in [0.2, 0.25) is 5.91 Å². The molecule has 38 heavy (non-hydrogen) atoms. The van der Waals surface area contributed by atoms with Gasteiger partial charge in [-0.15, -0.1) is 0 Å². The Kier molecular flexibility index (Phi) is 7.18. The average Bonchev–Trinajstić information content (AvgIpc) is 3.03. The molecule has 2 N–H and O–H groups in total. The van der Waals surface area contributed by atoms with Crippen LogP contribution in [0.4, 0.5) is 35.0 Å². The largest absolute Gasteiger partial charge is 0.417 e. The number of carbonyl (C=O) groups is 3. The number of carbonyl (C=O) groups excluding carboxylic acids is 3. The molecule has 0 aliphatic carbocycles. The molecule has 2 fully saturated rings. The van der Waals surface area contributed by atoms with E-state index < -0.39 is 34.8 Å². The maximum atomic E-state index is 13.5. The third-order valence-electron chi connectivity index (χ3n) is 6.67. The van der Waals surface area contributed by atoms with Crippen LogP contribution < -0.4 is 20.4 Å². The van der Waals surface area contributed by atoms with Crippen molar-refractivity contribution in [2.75, 3.05) is 47.8 Å². The Morgan fingerprint density at radius 2 is 1.76 bits per heavy atom. The molecule has 4 rings (SSSR count). The lowest BCUT2D eigenvalue weighted by Crippen LogP contribution is -2.46. The quantitative estimate of drug-likeness (QED) is 0.576. The summed E-state index contributed by atoms with van der Waals surface area (Å²) in [5.41, 5.74) is -2.00. The predicted octanol–water partition coefficient (Wildman–Crippen LogP) is 3.48. The SMILES string of the molecule is Cc1cc(N2C(=O)N(c3ccc(C#N)c(C(F)(F)F)c3)C(=O)C2(C)C)ccc1NC(=O)CN1CCNCC1. The van der Waals surface area contributed by atoms with Crippen molar-refractivity contribution in [1.82, 2.24) is 10.2 Å². The van der Waals surface area contributed by atoms with Crippen molar-refractivity contribution >= 4 is 34.9 Å². The van der Waals surface area contributed by atoms with Crippen molar-refractivity contribution in [1.29, 1.82) is 5.26 Å². The first-order valence-corrected chi connectivity index (χ1v) is 12.0. The van der Waals surface area contributed by atoms with E-state index in [1.54, 1.807) is 25.1 Å². The second kappa shape index (κ2) is 10.1. The topological polar surface area (TPSA) is 109 Å². The first-order valence-electron chi connectivity index (χ1n) is 12.0. The zero-order valence-corrected chi connectivity index (χ0v) is 21.1. The Morgan fingerprint density at radius 1 is 1.11 bits per heavy atom. The Hall–Kier alpha value is -3.95. The van der Waals surface area contributed by atoms with Crippen LogP contribution in [0, 0.1) is 18.3 Å². The van der Waals surface area contributed by atoms with Crippen molar-refractivity contribution in [3.63, 3.8) is 0 Å². The van der Waals surface area contributed by atoms with Crippen LogP contribution in [0.3, 0.4) is 0 Å². The van der Waals surface area contributed by atoms with E-state index in [4.69, 9.17) is 5.26 Å². The molecule has 2 aliphatic heterocycles. The number of alkyl halides is 3. The Morgan fingerprint density at radius 3 is 2.37 bits per heavy atom. The molecule has 0 radical (unpaired) electrons. The van der Waals surface area contributed by atoms with Crippen molar-refractivity contribution in [2.24, 2.45) is 0 Å². The molecular formula is C26H27F3N6O3. The van der Waals surface area contributed by atoms with Gasteiger partial charge < -0.3 is 10.6 Å². The lowest BCUT2D eigenvalue weighted by Gasteiger charge is -2.28. The molecule has 4 amide bonds. The highest BCUT2D eigenvalue weighted by Gasteiger charge is 2.53. The Labute approximate surface area is 217 Å². The van der Waals surface area contributed by atoms with Crippen molar-refractivity contribution < 1.29 is 27.6 Å². The fraction of sp³-hybridized carbons (Fsp3) is 0.385. The highest BCUT2D eigenvalue weighted by Crippen LogP contribution is 2.40. The molecule has 200 valence electrons. The first kappa shape index (κ1) is 27.1. The van der Waals surface area contributed by atoms with Gasteiger partial charge in [0.25, 0.3) is 5.91 Å². The summed E-state index contributed by atoms with van der Waals surface area (Å²) in [4.78, 5) is 43.2. The number of hydrogen-bond donors (Lipinski definition) is 2. The lowest BCUT2D eigenvalue weighted by atomic mass is 10.0. The van der Waals surface area contributed by atoms with E-state index in [0.29, 0.717) is 27.9 Å². The fourth-order valence-corrected chi connectivity index (χ4v) is 4.65. The third-order valence-corrected chi connectivity index (χ3v) is 6.67. The van der Waals surface area contributed by atoms with Crippen LogP contribution in [0.2, 0.25) is 0 Å². The minimum Gasteiger partial charge on any atom is -0.325 e. The van der Waals surface area contributed by atoms with Crippen LogP contribution in [-0.2, 0) is 15.8 Å². The molecule has 2 aliphatic rings. The molecule has 2 saturated heterocycles. The number of nitrogens with zero attached hydrogens (tertiary/aromatic N) is 4. The van der Waals surface area contributed by atoms with Crippen LogP contribution in [0.5, 0.6) is 0 Å². The van der Waals surface area contributed by atoms with Gasteiger partial charge >= 0.3 is 12.2 Å². The molecular weight excluding hydrogens is 501 g/mol. The normalized spacial score (nSPS) is 18.0. The zero-order valence-electron chi connectivity index (χ0n) is 21.1. The van der Waals surface area contributed by atoms with E-state index in [2.05, 4.69) is 10.6 Å². The number of anilines is 3. The summed E-state index contributed by atoms with van der Waals surface area (Å²) >= 11 is 0. The maximum Gasteiger partial charge on any atom is 0.417 e. The monoisotopic (exact) mass is 528 g/mol. The van der Waals surface area contributed by atoms with Crippen molar-refractivity contribution in [3.8, 4) is 6.07 Å². The predicted molar refractivity (Wildman–Crippen MR) is 135 cm³/mol. The number of hydrogen-bond acceptors (Lipinski definition) is 6. The standard InChI is InChI=1S/C26H27F3N6O3/c1-16-12-19(6-7-21(16)32-22(36)15-33-10-8-31-9-11-33)35-24(38)34(23(37)25(35,2)3)18-5-4-17(14-30)20(13-18)26(27,28)29/h4-7,12-13,31H,8-11,15H2,1-3H3,(H,32,36). The number of nitriles is 1. The zero-order chi connectivity index (χ0) is 27.8. The van der Waals surface area contributed by atoms with E-state index in [1.807, 2.05) is 4.90 Å². The third kappa shape index (κ3) is 5.07. The van der Waals surface area contributed by atoms with Gasteiger partial charge in [0.05, 0.1) is 29.4 Å². The first-order chi connectivity index (χ1) is 17.8. The molecule has 9 nitrogen and oxygen atoms in total. The van der Waals surface area contributed by atoms with Crippen molar-refractivity contribution in [2.45, 2.75) is 32.5 Å². The van der Waals surface area contributed by atoms with Gasteiger partial charge in [-0.05, 0) is 62.7 Å². The van der Waals surface area contributed by atoms with E-state index in [9.17, 15) is 27.6 Å². The summed E-state index contributed by atoms with van der Waals surface area (Å²) < 4.78 is 40.5. The number of urea groups is 1. The molecule has 12 heteroatoms. The molecule has 0 saturated carbocycles. The molecule has 0 atom stereocenters. The molecule has 0 aromatic heterocycles. The minimum atomic E-state index is -4.84. The lowest BCUT2D eigenvalue weighted by molar-refractivity contribution is -0.137. The van der Waals surface area contributed by atoms with E-state index in [1.165, 1.54) is 24.8 Å². The van der Waals surface area contributed by atoms with Gasteiger partial charge in [-0.2, -0.15) is 18.4 Å². The molecule has 0 bridgehead atoms. The number of aryl methyl sites for hydroxylation is 1. The van der Waals surface area contributed by atoms with E-state index in [0.717, 1.165) is 38.3 Å². The second-order valence-corrected chi connectivity index (χ2v) is 9.73. The van der Waals surface area contributed by atoms with Gasteiger partial charge in [-0.3, -0.25) is 19.4 Å². The summed E-state index contributed by atoms with van der Waals surface area (Å²) in [6.45, 7) is 8.16. The molecule has 0 spiro atoms. The molecule has 2 aromatic rings. The van der Waals surface area contributed by atoms with Crippen LogP contribution in [-0.4, -0.2) is 61.0 Å². The summed E-state index contributed by atoms with van der Waals surface area (Å²) in [5.74, 6) is -0.894. The van der Waals surface area contributed by atoms with Gasteiger partial charge in [0, 0.05) is 37.6 Å². The van der Waals surface area contributed by atoms with Gasteiger partial charge in [0.15, 0.2) is 0 Å². The fourth-order valence-electron chi connectivity index (χ4n) is 4.65. The summed E-state index contributed by atoms with van der Waals surface area (Å²) in [6.07, 6.45) is -4.84. The summed E-state index contributed by atoms with van der Waals surface area (Å²) in [6, 6.07) is 8.22. The highest BCUT2D eigenvalue weighted by atomic mass is 19.4. The number of piperazine rings is 1. The Bertz CT molecular complexity index is 1330. The van der Waals surface area contributed by atoms with Gasteiger partial charge in [-0.25, -0.2) is 9.69 Å². The van der Waals surface area contributed by atoms with E-state index >= 15 is 0 Å². The van der Waals surface area contributed by atoms with Gasteiger partial charge in [0.1, 0.15) is 5.54 Å². The van der Waals surface area contributed by atoms with E-state index in [-0.39, 0.29) is 18.1 Å². The minimum absolute atomic E-state index is 0.178. The number of benzene rings is 2. The number of imide groups is 1. The maximum absolute atomic E-state index is 13.5.